The van der Waals surface area contributed by atoms with Crippen LogP contribution in [0.15, 0.2) is 30.3 Å². The van der Waals surface area contributed by atoms with E-state index in [9.17, 15) is 9.46 Å². The third-order valence-corrected chi connectivity index (χ3v) is 6.41. The van der Waals surface area contributed by atoms with Crippen molar-refractivity contribution in [2.45, 2.75) is 105 Å². The van der Waals surface area contributed by atoms with Gasteiger partial charge in [0.2, 0.25) is 0 Å². The van der Waals surface area contributed by atoms with Crippen LogP contribution in [0.4, 0.5) is 5.69 Å². The second-order valence-corrected chi connectivity index (χ2v) is 9.63. The molecule has 6 heteroatoms. The van der Waals surface area contributed by atoms with E-state index in [1.54, 1.807) is 0 Å². The van der Waals surface area contributed by atoms with Gasteiger partial charge in [0.1, 0.15) is 0 Å². The van der Waals surface area contributed by atoms with Gasteiger partial charge in [-0.2, -0.15) is 0 Å². The maximum absolute atomic E-state index is 11.6. The van der Waals surface area contributed by atoms with E-state index in [1.807, 2.05) is 6.07 Å². The molecule has 0 amide bonds. The van der Waals surface area contributed by atoms with E-state index in [0.717, 1.165) is 38.8 Å². The van der Waals surface area contributed by atoms with Crippen molar-refractivity contribution in [3.8, 4) is 0 Å². The lowest BCUT2D eigenvalue weighted by molar-refractivity contribution is 0.145. The second kappa shape index (κ2) is 21.9. The quantitative estimate of drug-likeness (QED) is 0.162. The Morgan fingerprint density at radius 3 is 1.50 bits per heavy atom. The minimum absolute atomic E-state index is 0.316. The Bertz CT molecular complexity index is 530. The molecule has 0 radical (unpaired) electrons. The first kappa shape index (κ1) is 31.1. The summed E-state index contributed by atoms with van der Waals surface area (Å²) in [4.78, 5) is 11.8. The van der Waals surface area contributed by atoms with Crippen LogP contribution in [0.5, 0.6) is 0 Å². The number of benzene rings is 1. The lowest BCUT2D eigenvalue weighted by atomic mass is 10.1. The van der Waals surface area contributed by atoms with Crippen LogP contribution < -0.4 is 4.90 Å². The van der Waals surface area contributed by atoms with Crippen LogP contribution in [-0.4, -0.2) is 31.2 Å². The molecule has 0 atom stereocenters. The number of hydrogen-bond acceptors (Lipinski definition) is 4. The fourth-order valence-corrected chi connectivity index (χ4v) is 4.18. The predicted molar refractivity (Wildman–Crippen MR) is 138 cm³/mol. The molecule has 0 aromatic heterocycles. The molecule has 0 heterocycles. The fourth-order valence-electron chi connectivity index (χ4n) is 3.39. The van der Waals surface area contributed by atoms with Crippen LogP contribution in [0.3, 0.4) is 0 Å². The highest BCUT2D eigenvalue weighted by Gasteiger charge is 2.19. The Hall–Kier alpha value is -0.870. The van der Waals surface area contributed by atoms with E-state index >= 15 is 0 Å². The summed E-state index contributed by atoms with van der Waals surface area (Å²) in [5.41, 5.74) is 1.32. The zero-order valence-corrected chi connectivity index (χ0v) is 22.2. The summed E-state index contributed by atoms with van der Waals surface area (Å²) in [6, 6.07) is 10.5. The summed E-state index contributed by atoms with van der Waals surface area (Å²) >= 11 is 0. The molecule has 0 aliphatic carbocycles. The van der Waals surface area contributed by atoms with E-state index in [2.05, 4.69) is 56.9 Å². The molecular weight excluding hydrogens is 421 g/mol. The van der Waals surface area contributed by atoms with Crippen molar-refractivity contribution >= 4 is 13.5 Å². The summed E-state index contributed by atoms with van der Waals surface area (Å²) in [7, 11) is -3.82. The van der Waals surface area contributed by atoms with Gasteiger partial charge in [-0.05, 0) is 38.8 Å². The van der Waals surface area contributed by atoms with Gasteiger partial charge in [-0.1, -0.05) is 96.3 Å². The van der Waals surface area contributed by atoms with Gasteiger partial charge in [-0.25, -0.2) is 4.57 Å². The van der Waals surface area contributed by atoms with Crippen LogP contribution in [0.25, 0.3) is 0 Å². The van der Waals surface area contributed by atoms with Gasteiger partial charge < -0.3 is 9.79 Å². The van der Waals surface area contributed by atoms with Crippen LogP contribution in [0, 0.1) is 0 Å². The van der Waals surface area contributed by atoms with E-state index in [4.69, 9.17) is 9.05 Å². The maximum Gasteiger partial charge on any atom is 0.472 e. The molecule has 1 rings (SSSR count). The van der Waals surface area contributed by atoms with Crippen molar-refractivity contribution in [3.63, 3.8) is 0 Å². The summed E-state index contributed by atoms with van der Waals surface area (Å²) < 4.78 is 21.5. The second-order valence-electron chi connectivity index (χ2n) is 8.18. The number of unbranched alkanes of at least 4 members (excludes halogenated alkanes) is 10. The molecule has 0 aliphatic heterocycles. The lowest BCUT2D eigenvalue weighted by Gasteiger charge is -2.20. The van der Waals surface area contributed by atoms with Crippen molar-refractivity contribution in [1.82, 2.24) is 0 Å². The number of phosphoric acid groups is 1. The molecule has 0 saturated heterocycles. The van der Waals surface area contributed by atoms with Gasteiger partial charge in [-0.15, -0.1) is 0 Å². The standard InChI is InChI=1S/C16H35O4P.C10H15N/c1-3-5-7-9-11-13-15-19-21(17,18)20-16-14-12-10-8-6-4-2;1-3-11(4-2)10-8-6-5-7-9-10/h3-16H2,1-2H3,(H,17,18);5-9H,3-4H2,1-2H3. The van der Waals surface area contributed by atoms with Crippen molar-refractivity contribution in [2.75, 3.05) is 31.2 Å². The van der Waals surface area contributed by atoms with Gasteiger partial charge >= 0.3 is 7.82 Å². The van der Waals surface area contributed by atoms with E-state index in [1.165, 1.54) is 57.1 Å². The van der Waals surface area contributed by atoms with E-state index in [0.29, 0.717) is 13.2 Å². The molecule has 0 aliphatic rings. The zero-order chi connectivity index (χ0) is 23.9. The fraction of sp³-hybridized carbons (Fsp3) is 0.769. The molecule has 0 saturated carbocycles. The van der Waals surface area contributed by atoms with Gasteiger partial charge in [-0.3, -0.25) is 9.05 Å². The monoisotopic (exact) mass is 471 g/mol. The van der Waals surface area contributed by atoms with Crippen LogP contribution >= 0.6 is 7.82 Å². The molecule has 1 N–H and O–H groups in total. The third-order valence-electron chi connectivity index (χ3n) is 5.39. The highest BCUT2D eigenvalue weighted by molar-refractivity contribution is 7.47. The minimum atomic E-state index is -3.82. The third kappa shape index (κ3) is 18.7. The summed E-state index contributed by atoms with van der Waals surface area (Å²) in [5.74, 6) is 0. The smallest absolute Gasteiger partial charge is 0.372 e. The SMILES string of the molecule is CCCCCCCCOP(=O)(O)OCCCCCCCC.CCN(CC)c1ccccc1. The largest absolute Gasteiger partial charge is 0.472 e. The Kier molecular flexibility index (Phi) is 21.4. The van der Waals surface area contributed by atoms with E-state index in [-0.39, 0.29) is 0 Å². The lowest BCUT2D eigenvalue weighted by Crippen LogP contribution is -2.21. The van der Waals surface area contributed by atoms with Crippen LogP contribution in [0.2, 0.25) is 0 Å². The van der Waals surface area contributed by atoms with Gasteiger partial charge in [0.15, 0.2) is 0 Å². The summed E-state index contributed by atoms with van der Waals surface area (Å²) in [6.45, 7) is 11.5. The molecule has 5 nitrogen and oxygen atoms in total. The van der Waals surface area contributed by atoms with Crippen molar-refractivity contribution in [1.29, 1.82) is 0 Å². The molecule has 32 heavy (non-hydrogen) atoms. The normalized spacial score (nSPS) is 11.2. The van der Waals surface area contributed by atoms with Crippen molar-refractivity contribution < 1.29 is 18.5 Å². The number of nitrogens with zero attached hydrogens (tertiary/aromatic N) is 1. The predicted octanol–water partition coefficient (Wildman–Crippen LogP) is 8.37. The van der Waals surface area contributed by atoms with E-state index < -0.39 is 7.82 Å². The Labute approximate surface area is 198 Å². The first-order valence-corrected chi connectivity index (χ1v) is 14.4. The molecule has 0 fully saturated rings. The number of anilines is 1. The molecule has 0 unspecified atom stereocenters. The molecule has 188 valence electrons. The molecule has 1 aromatic rings. The molecule has 0 bridgehead atoms. The van der Waals surface area contributed by atoms with Crippen LogP contribution in [0.1, 0.15) is 105 Å². The topological polar surface area (TPSA) is 59.0 Å². The minimum Gasteiger partial charge on any atom is -0.372 e. The zero-order valence-electron chi connectivity index (χ0n) is 21.3. The Morgan fingerprint density at radius 2 is 1.09 bits per heavy atom. The first-order chi connectivity index (χ1) is 15.5. The Morgan fingerprint density at radius 1 is 0.688 bits per heavy atom. The van der Waals surface area contributed by atoms with Gasteiger partial charge in [0.05, 0.1) is 13.2 Å². The highest BCUT2D eigenvalue weighted by atomic mass is 31.2. The van der Waals surface area contributed by atoms with Crippen molar-refractivity contribution in [2.24, 2.45) is 0 Å². The average molecular weight is 472 g/mol. The van der Waals surface area contributed by atoms with Crippen LogP contribution in [-0.2, 0) is 13.6 Å². The average Bonchev–Trinajstić information content (AvgIpc) is 2.80. The summed E-state index contributed by atoms with van der Waals surface area (Å²) in [5, 5.41) is 0. The Balaban J connectivity index is 0.000000726. The highest BCUT2D eigenvalue weighted by Crippen LogP contribution is 2.43. The number of para-hydroxylation sites is 1. The van der Waals surface area contributed by atoms with Crippen molar-refractivity contribution in [3.05, 3.63) is 30.3 Å². The maximum atomic E-state index is 11.6. The number of hydrogen-bond donors (Lipinski definition) is 1. The number of phosphoric ester groups is 1. The molecular formula is C26H50NO4P. The molecule has 0 spiro atoms. The molecule has 1 aromatic carbocycles. The summed E-state index contributed by atoms with van der Waals surface area (Å²) in [6.07, 6.45) is 13.6. The first-order valence-electron chi connectivity index (χ1n) is 12.9. The van der Waals surface area contributed by atoms with Gasteiger partial charge in [0.25, 0.3) is 0 Å². The van der Waals surface area contributed by atoms with Gasteiger partial charge in [0, 0.05) is 18.8 Å². The number of rotatable bonds is 19.